The molecule has 4 nitrogen and oxygen atoms in total. The predicted molar refractivity (Wildman–Crippen MR) is 76.6 cm³/mol. The summed E-state index contributed by atoms with van der Waals surface area (Å²) in [6, 6.07) is 0. The SMILES string of the molecule is CCOC1=C(C)C(=O)/C(=C(/COC)[Si](C)(C)C)C1=O. The van der Waals surface area contributed by atoms with Crippen molar-refractivity contribution in [2.75, 3.05) is 20.3 Å². The van der Waals surface area contributed by atoms with E-state index in [2.05, 4.69) is 19.6 Å². The summed E-state index contributed by atoms with van der Waals surface area (Å²) in [7, 11) is -0.230. The molecule has 0 bridgehead atoms. The first-order chi connectivity index (χ1) is 8.75. The fourth-order valence-corrected chi connectivity index (χ4v) is 3.63. The molecular formula is C14H22O4Si. The standard InChI is InChI=1S/C14H22O4Si/c1-7-18-14-9(2)12(15)11(13(14)16)10(8-17-3)19(4,5)6/h7-8H2,1-6H3/b11-10+. The second-order valence-electron chi connectivity index (χ2n) is 5.58. The summed E-state index contributed by atoms with van der Waals surface area (Å²) in [5.41, 5.74) is 0.690. The monoisotopic (exact) mass is 282 g/mol. The molecule has 106 valence electrons. The number of hydrogen-bond acceptors (Lipinski definition) is 4. The van der Waals surface area contributed by atoms with E-state index in [1.54, 1.807) is 21.0 Å². The third-order valence-corrected chi connectivity index (χ3v) is 5.33. The molecule has 0 aromatic rings. The van der Waals surface area contributed by atoms with Crippen LogP contribution in [-0.4, -0.2) is 40.0 Å². The Morgan fingerprint density at radius 3 is 2.16 bits per heavy atom. The molecule has 0 aromatic heterocycles. The predicted octanol–water partition coefficient (Wildman–Crippen LogP) is 2.27. The lowest BCUT2D eigenvalue weighted by molar-refractivity contribution is -0.117. The maximum absolute atomic E-state index is 12.4. The van der Waals surface area contributed by atoms with Gasteiger partial charge in [0.1, 0.15) is 0 Å². The third-order valence-electron chi connectivity index (χ3n) is 3.13. The van der Waals surface area contributed by atoms with Crippen molar-refractivity contribution in [1.82, 2.24) is 0 Å². The zero-order valence-corrected chi connectivity index (χ0v) is 13.5. The van der Waals surface area contributed by atoms with Crippen LogP contribution in [0.5, 0.6) is 0 Å². The van der Waals surface area contributed by atoms with E-state index in [4.69, 9.17) is 9.47 Å². The summed E-state index contributed by atoms with van der Waals surface area (Å²) in [6.45, 7) is 10.5. The molecule has 0 aromatic carbocycles. The van der Waals surface area contributed by atoms with E-state index in [0.717, 1.165) is 5.20 Å². The maximum Gasteiger partial charge on any atom is 0.231 e. The van der Waals surface area contributed by atoms with E-state index in [1.165, 1.54) is 0 Å². The third kappa shape index (κ3) is 3.04. The first-order valence-corrected chi connectivity index (χ1v) is 9.91. The van der Waals surface area contributed by atoms with Crippen molar-refractivity contribution in [3.63, 3.8) is 0 Å². The summed E-state index contributed by atoms with van der Waals surface area (Å²) in [4.78, 5) is 24.7. The van der Waals surface area contributed by atoms with Gasteiger partial charge in [0, 0.05) is 12.7 Å². The van der Waals surface area contributed by atoms with Crippen LogP contribution in [0.2, 0.25) is 19.6 Å². The zero-order chi connectivity index (χ0) is 14.8. The minimum absolute atomic E-state index is 0.203. The molecule has 0 saturated carbocycles. The molecule has 0 fully saturated rings. The lowest BCUT2D eigenvalue weighted by atomic mass is 10.1. The van der Waals surface area contributed by atoms with Gasteiger partial charge in [-0.05, 0) is 19.0 Å². The van der Waals surface area contributed by atoms with Crippen molar-refractivity contribution in [3.8, 4) is 0 Å². The second-order valence-corrected chi connectivity index (χ2v) is 10.7. The largest absolute Gasteiger partial charge is 0.489 e. The zero-order valence-electron chi connectivity index (χ0n) is 12.5. The number of Topliss-reactive ketones (excluding diaryl/α,β-unsaturated/α-hetero) is 2. The molecule has 0 saturated heterocycles. The number of allylic oxidation sites excluding steroid dienone is 2. The Balaban J connectivity index is 3.36. The molecule has 0 N–H and O–H groups in total. The second kappa shape index (κ2) is 5.84. The Labute approximate surface area is 115 Å². The molecule has 19 heavy (non-hydrogen) atoms. The van der Waals surface area contributed by atoms with Crippen LogP contribution in [0.15, 0.2) is 22.1 Å². The van der Waals surface area contributed by atoms with Gasteiger partial charge in [0.05, 0.1) is 26.9 Å². The van der Waals surface area contributed by atoms with Gasteiger partial charge < -0.3 is 9.47 Å². The van der Waals surface area contributed by atoms with Gasteiger partial charge in [-0.1, -0.05) is 19.6 Å². The number of ketones is 2. The van der Waals surface area contributed by atoms with E-state index >= 15 is 0 Å². The molecule has 0 radical (unpaired) electrons. The van der Waals surface area contributed by atoms with E-state index in [9.17, 15) is 9.59 Å². The van der Waals surface area contributed by atoms with Crippen LogP contribution in [0.25, 0.3) is 0 Å². The van der Waals surface area contributed by atoms with Crippen molar-refractivity contribution in [2.45, 2.75) is 33.5 Å². The first kappa shape index (κ1) is 15.9. The van der Waals surface area contributed by atoms with Gasteiger partial charge in [-0.15, -0.1) is 0 Å². The molecule has 5 heteroatoms. The number of hydrogen-bond donors (Lipinski definition) is 0. The quantitative estimate of drug-likeness (QED) is 0.441. The van der Waals surface area contributed by atoms with Gasteiger partial charge in [0.2, 0.25) is 5.78 Å². The number of methoxy groups -OCH3 is 1. The summed E-state index contributed by atoms with van der Waals surface area (Å²) in [6.07, 6.45) is 0. The summed E-state index contributed by atoms with van der Waals surface area (Å²) >= 11 is 0. The van der Waals surface area contributed by atoms with Crippen molar-refractivity contribution in [3.05, 3.63) is 22.1 Å². The Kier molecular flexibility index (Phi) is 4.87. The van der Waals surface area contributed by atoms with Crippen LogP contribution < -0.4 is 0 Å². The molecule has 0 spiro atoms. The highest BCUT2D eigenvalue weighted by molar-refractivity contribution is 6.84. The molecule has 0 amide bonds. The molecule has 1 aliphatic rings. The van der Waals surface area contributed by atoms with E-state index in [-0.39, 0.29) is 22.9 Å². The van der Waals surface area contributed by atoms with Crippen LogP contribution >= 0.6 is 0 Å². The maximum atomic E-state index is 12.4. The molecular weight excluding hydrogens is 260 g/mol. The average molecular weight is 282 g/mol. The van der Waals surface area contributed by atoms with Gasteiger partial charge in [0.25, 0.3) is 0 Å². The number of carbonyl (C=O) groups is 2. The Morgan fingerprint density at radius 2 is 1.74 bits per heavy atom. The van der Waals surface area contributed by atoms with Gasteiger partial charge in [-0.3, -0.25) is 9.59 Å². The normalized spacial score (nSPS) is 19.3. The first-order valence-electron chi connectivity index (χ1n) is 6.41. The summed E-state index contributed by atoms with van der Waals surface area (Å²) in [5.74, 6) is -0.281. The van der Waals surface area contributed by atoms with Crippen LogP contribution in [0.3, 0.4) is 0 Å². The van der Waals surface area contributed by atoms with Crippen LogP contribution in [0.1, 0.15) is 13.8 Å². The highest BCUT2D eigenvalue weighted by Crippen LogP contribution is 2.31. The van der Waals surface area contributed by atoms with Crippen molar-refractivity contribution >= 4 is 19.6 Å². The van der Waals surface area contributed by atoms with Crippen molar-refractivity contribution in [2.24, 2.45) is 0 Å². The number of rotatable bonds is 5. The smallest absolute Gasteiger partial charge is 0.231 e. The molecule has 1 aliphatic carbocycles. The van der Waals surface area contributed by atoms with Crippen LogP contribution in [-0.2, 0) is 19.1 Å². The van der Waals surface area contributed by atoms with Gasteiger partial charge in [0.15, 0.2) is 11.5 Å². The Bertz CT molecular complexity index is 466. The van der Waals surface area contributed by atoms with Gasteiger partial charge in [-0.25, -0.2) is 0 Å². The van der Waals surface area contributed by atoms with Gasteiger partial charge in [-0.2, -0.15) is 0 Å². The fourth-order valence-electron chi connectivity index (χ4n) is 2.08. The molecule has 0 heterocycles. The summed E-state index contributed by atoms with van der Waals surface area (Å²) in [5, 5.41) is 0.860. The van der Waals surface area contributed by atoms with E-state index in [1.807, 2.05) is 0 Å². The molecule has 0 atom stereocenters. The van der Waals surface area contributed by atoms with Gasteiger partial charge >= 0.3 is 0 Å². The highest BCUT2D eigenvalue weighted by Gasteiger charge is 2.39. The van der Waals surface area contributed by atoms with E-state index in [0.29, 0.717) is 18.8 Å². The van der Waals surface area contributed by atoms with Crippen molar-refractivity contribution < 1.29 is 19.1 Å². The number of carbonyl (C=O) groups excluding carboxylic acids is 2. The van der Waals surface area contributed by atoms with E-state index < -0.39 is 8.07 Å². The lowest BCUT2D eigenvalue weighted by Crippen LogP contribution is -2.31. The number of ether oxygens (including phenoxy) is 2. The molecule has 0 unspecified atom stereocenters. The lowest BCUT2D eigenvalue weighted by Gasteiger charge is -2.22. The average Bonchev–Trinajstić information content (AvgIpc) is 2.50. The molecule has 1 rings (SSSR count). The van der Waals surface area contributed by atoms with Crippen LogP contribution in [0.4, 0.5) is 0 Å². The summed E-state index contributed by atoms with van der Waals surface area (Å²) < 4.78 is 10.5. The highest BCUT2D eigenvalue weighted by atomic mass is 28.3. The fraction of sp³-hybridized carbons (Fsp3) is 0.571. The minimum atomic E-state index is -1.81. The Morgan fingerprint density at radius 1 is 1.16 bits per heavy atom. The molecule has 0 aliphatic heterocycles. The van der Waals surface area contributed by atoms with Crippen molar-refractivity contribution in [1.29, 1.82) is 0 Å². The Hall–Kier alpha value is -1.20. The topological polar surface area (TPSA) is 52.6 Å². The van der Waals surface area contributed by atoms with Crippen LogP contribution in [0, 0.1) is 0 Å². The minimum Gasteiger partial charge on any atom is -0.489 e.